The molecule has 0 radical (unpaired) electrons. The van der Waals surface area contributed by atoms with Crippen LogP contribution in [0, 0.1) is 11.8 Å². The molecular formula is C15H26N4O2. The molecule has 0 aliphatic heterocycles. The van der Waals surface area contributed by atoms with Crippen molar-refractivity contribution in [1.29, 1.82) is 0 Å². The first kappa shape index (κ1) is 15.7. The number of nitrogens with zero attached hydrogens (tertiary/aromatic N) is 1. The Morgan fingerprint density at radius 1 is 1.29 bits per heavy atom. The second kappa shape index (κ2) is 6.83. The molecule has 1 aliphatic rings. The molecule has 0 saturated heterocycles. The topological polar surface area (TPSA) is 92.9 Å². The predicted octanol–water partition coefficient (Wildman–Crippen LogP) is 1.77. The fraction of sp³-hybridized carbons (Fsp3) is 0.733. The summed E-state index contributed by atoms with van der Waals surface area (Å²) in [4.78, 5) is 26.0. The molecule has 0 bridgehead atoms. The first-order valence-corrected chi connectivity index (χ1v) is 7.89. The lowest BCUT2D eigenvalue weighted by Crippen LogP contribution is -2.35. The monoisotopic (exact) mass is 294 g/mol. The number of nitrogens with two attached hydrogens (primary N) is 1. The molecule has 1 aliphatic carbocycles. The first-order valence-electron chi connectivity index (χ1n) is 7.89. The van der Waals surface area contributed by atoms with Crippen molar-refractivity contribution in [3.8, 4) is 0 Å². The second-order valence-corrected chi connectivity index (χ2v) is 6.18. The molecule has 1 aromatic heterocycles. The normalized spacial score (nSPS) is 22.2. The summed E-state index contributed by atoms with van der Waals surface area (Å²) in [5.74, 6) is 1.63. The van der Waals surface area contributed by atoms with Crippen LogP contribution < -0.4 is 22.3 Å². The number of nitrogen functional groups attached to an aromatic ring is 1. The van der Waals surface area contributed by atoms with Gasteiger partial charge in [-0.25, -0.2) is 4.79 Å². The van der Waals surface area contributed by atoms with Crippen molar-refractivity contribution in [3.05, 3.63) is 20.8 Å². The van der Waals surface area contributed by atoms with Gasteiger partial charge in [0.2, 0.25) is 0 Å². The molecule has 2 rings (SSSR count). The number of hydrogen-bond donors (Lipinski definition) is 3. The number of H-pyrrole nitrogens is 1. The van der Waals surface area contributed by atoms with Crippen LogP contribution in [0.2, 0.25) is 0 Å². The molecule has 4 N–H and O–H groups in total. The average molecular weight is 294 g/mol. The lowest BCUT2D eigenvalue weighted by molar-refractivity contribution is 0.300. The van der Waals surface area contributed by atoms with E-state index in [-0.39, 0.29) is 5.82 Å². The minimum Gasteiger partial charge on any atom is -0.383 e. The third kappa shape index (κ3) is 3.68. The van der Waals surface area contributed by atoms with Crippen LogP contribution in [0.4, 0.5) is 11.5 Å². The van der Waals surface area contributed by atoms with E-state index in [1.165, 1.54) is 30.3 Å². The summed E-state index contributed by atoms with van der Waals surface area (Å²) in [5.41, 5.74) is 5.47. The Kier molecular flexibility index (Phi) is 5.09. The van der Waals surface area contributed by atoms with Gasteiger partial charge in [0.15, 0.2) is 0 Å². The first-order chi connectivity index (χ1) is 10.0. The zero-order valence-corrected chi connectivity index (χ0v) is 12.9. The standard InChI is InChI=1S/C15H26N4O2/c1-3-8-19-13(16)12(14(20)18-15(19)21)17-9-11-6-4-10(2)5-7-11/h10-11,17H,3-9,16H2,1-2H3,(H,18,20,21). The molecule has 1 heterocycles. The smallest absolute Gasteiger partial charge is 0.330 e. The Balaban J connectivity index is 2.11. The number of aromatic nitrogens is 2. The van der Waals surface area contributed by atoms with Crippen LogP contribution in [0.1, 0.15) is 46.0 Å². The number of aromatic amines is 1. The van der Waals surface area contributed by atoms with E-state index in [4.69, 9.17) is 5.73 Å². The van der Waals surface area contributed by atoms with Gasteiger partial charge in [0, 0.05) is 13.1 Å². The van der Waals surface area contributed by atoms with Crippen molar-refractivity contribution in [2.75, 3.05) is 17.6 Å². The minimum atomic E-state index is -0.434. The Morgan fingerprint density at radius 3 is 2.57 bits per heavy atom. The zero-order valence-electron chi connectivity index (χ0n) is 12.9. The highest BCUT2D eigenvalue weighted by atomic mass is 16.2. The zero-order chi connectivity index (χ0) is 15.4. The summed E-state index contributed by atoms with van der Waals surface area (Å²) in [6.45, 7) is 5.50. The third-order valence-electron chi connectivity index (χ3n) is 4.39. The van der Waals surface area contributed by atoms with Gasteiger partial charge in [0.05, 0.1) is 0 Å². The molecule has 21 heavy (non-hydrogen) atoms. The van der Waals surface area contributed by atoms with E-state index in [0.29, 0.717) is 18.2 Å². The Bertz CT molecular complexity index is 582. The van der Waals surface area contributed by atoms with Gasteiger partial charge < -0.3 is 11.1 Å². The van der Waals surface area contributed by atoms with Crippen LogP contribution in [0.5, 0.6) is 0 Å². The van der Waals surface area contributed by atoms with Crippen molar-refractivity contribution in [3.63, 3.8) is 0 Å². The lowest BCUT2D eigenvalue weighted by atomic mass is 9.83. The summed E-state index contributed by atoms with van der Waals surface area (Å²) in [5, 5.41) is 3.16. The van der Waals surface area contributed by atoms with E-state index in [1.54, 1.807) is 0 Å². The fourth-order valence-corrected chi connectivity index (χ4v) is 2.98. The van der Waals surface area contributed by atoms with E-state index in [9.17, 15) is 9.59 Å². The van der Waals surface area contributed by atoms with Crippen molar-refractivity contribution in [2.24, 2.45) is 11.8 Å². The highest BCUT2D eigenvalue weighted by Gasteiger charge is 2.19. The Labute approximate surface area is 124 Å². The van der Waals surface area contributed by atoms with Crippen LogP contribution in [-0.2, 0) is 6.54 Å². The molecule has 118 valence electrons. The SMILES string of the molecule is CCCn1c(N)c(NCC2CCC(C)CC2)c(=O)[nH]c1=O. The number of rotatable bonds is 5. The van der Waals surface area contributed by atoms with Crippen LogP contribution in [-0.4, -0.2) is 16.1 Å². The average Bonchev–Trinajstić information content (AvgIpc) is 2.45. The second-order valence-electron chi connectivity index (χ2n) is 6.18. The Hall–Kier alpha value is -1.72. The summed E-state index contributed by atoms with van der Waals surface area (Å²) in [6.07, 6.45) is 5.64. The van der Waals surface area contributed by atoms with E-state index in [1.807, 2.05) is 6.92 Å². The lowest BCUT2D eigenvalue weighted by Gasteiger charge is -2.26. The highest BCUT2D eigenvalue weighted by molar-refractivity contribution is 5.60. The van der Waals surface area contributed by atoms with Gasteiger partial charge in [-0.2, -0.15) is 0 Å². The van der Waals surface area contributed by atoms with Gasteiger partial charge in [-0.3, -0.25) is 14.3 Å². The molecule has 6 nitrogen and oxygen atoms in total. The molecule has 0 atom stereocenters. The molecule has 0 unspecified atom stereocenters. The van der Waals surface area contributed by atoms with Crippen LogP contribution in [0.3, 0.4) is 0 Å². The van der Waals surface area contributed by atoms with E-state index >= 15 is 0 Å². The highest BCUT2D eigenvalue weighted by Crippen LogP contribution is 2.28. The maximum absolute atomic E-state index is 11.9. The van der Waals surface area contributed by atoms with Crippen molar-refractivity contribution in [2.45, 2.75) is 52.5 Å². The van der Waals surface area contributed by atoms with Gasteiger partial charge in [0.25, 0.3) is 5.56 Å². The summed E-state index contributed by atoms with van der Waals surface area (Å²) in [7, 11) is 0. The molecule has 0 aromatic carbocycles. The molecule has 0 spiro atoms. The van der Waals surface area contributed by atoms with E-state index in [2.05, 4.69) is 17.2 Å². The predicted molar refractivity (Wildman–Crippen MR) is 85.6 cm³/mol. The van der Waals surface area contributed by atoms with Gasteiger partial charge in [0.1, 0.15) is 11.5 Å². The quantitative estimate of drug-likeness (QED) is 0.771. The number of nitrogens with one attached hydrogen (secondary N) is 2. The van der Waals surface area contributed by atoms with E-state index in [0.717, 1.165) is 18.9 Å². The van der Waals surface area contributed by atoms with Crippen LogP contribution in [0.15, 0.2) is 9.59 Å². The molecular weight excluding hydrogens is 268 g/mol. The fourth-order valence-electron chi connectivity index (χ4n) is 2.98. The summed E-state index contributed by atoms with van der Waals surface area (Å²) in [6, 6.07) is 0. The van der Waals surface area contributed by atoms with Crippen molar-refractivity contribution >= 4 is 11.5 Å². The molecule has 1 saturated carbocycles. The largest absolute Gasteiger partial charge is 0.383 e. The summed E-state index contributed by atoms with van der Waals surface area (Å²) < 4.78 is 1.42. The van der Waals surface area contributed by atoms with Crippen molar-refractivity contribution < 1.29 is 0 Å². The van der Waals surface area contributed by atoms with Crippen LogP contribution >= 0.6 is 0 Å². The van der Waals surface area contributed by atoms with Crippen LogP contribution in [0.25, 0.3) is 0 Å². The maximum Gasteiger partial charge on any atom is 0.330 e. The van der Waals surface area contributed by atoms with Gasteiger partial charge in [-0.15, -0.1) is 0 Å². The summed E-state index contributed by atoms with van der Waals surface area (Å²) >= 11 is 0. The third-order valence-corrected chi connectivity index (χ3v) is 4.39. The maximum atomic E-state index is 11.9. The van der Waals surface area contributed by atoms with Crippen molar-refractivity contribution in [1.82, 2.24) is 9.55 Å². The van der Waals surface area contributed by atoms with Gasteiger partial charge in [-0.1, -0.05) is 26.7 Å². The van der Waals surface area contributed by atoms with E-state index < -0.39 is 11.2 Å². The molecule has 6 heteroatoms. The van der Waals surface area contributed by atoms with Gasteiger partial charge >= 0.3 is 5.69 Å². The number of hydrogen-bond acceptors (Lipinski definition) is 4. The van der Waals surface area contributed by atoms with Gasteiger partial charge in [-0.05, 0) is 31.1 Å². The molecule has 1 fully saturated rings. The minimum absolute atomic E-state index is 0.245. The molecule has 0 amide bonds. The number of anilines is 2. The Morgan fingerprint density at radius 2 is 1.95 bits per heavy atom. The molecule has 1 aromatic rings.